The zero-order chi connectivity index (χ0) is 27.8. The van der Waals surface area contributed by atoms with Gasteiger partial charge >= 0.3 is 0 Å². The number of thiazole rings is 1. The quantitative estimate of drug-likeness (QED) is 0.403. The lowest BCUT2D eigenvalue weighted by atomic mass is 9.79. The lowest BCUT2D eigenvalue weighted by Gasteiger charge is -2.34. The smallest absolute Gasteiger partial charge is 0.280 e. The van der Waals surface area contributed by atoms with Crippen LogP contribution >= 0.6 is 11.3 Å². The van der Waals surface area contributed by atoms with Crippen molar-refractivity contribution in [2.75, 3.05) is 19.8 Å². The normalized spacial score (nSPS) is 20.9. The molecule has 7 heteroatoms. The van der Waals surface area contributed by atoms with Gasteiger partial charge in [-0.3, -0.25) is 9.59 Å². The Morgan fingerprint density at radius 2 is 1.77 bits per heavy atom. The van der Waals surface area contributed by atoms with E-state index in [0.717, 1.165) is 17.0 Å². The Morgan fingerprint density at radius 1 is 1.08 bits per heavy atom. The van der Waals surface area contributed by atoms with Crippen molar-refractivity contribution in [2.24, 2.45) is 17.1 Å². The van der Waals surface area contributed by atoms with Crippen LogP contribution < -0.4 is 11.1 Å². The first-order chi connectivity index (χ1) is 18.5. The molecule has 1 aliphatic heterocycles. The predicted molar refractivity (Wildman–Crippen MR) is 157 cm³/mol. The van der Waals surface area contributed by atoms with Gasteiger partial charge in [0.05, 0.1) is 16.0 Å². The molecule has 0 spiro atoms. The van der Waals surface area contributed by atoms with Crippen molar-refractivity contribution in [3.63, 3.8) is 0 Å². The number of hydrogen-bond acceptors (Lipinski definition) is 5. The van der Waals surface area contributed by atoms with Crippen LogP contribution in [0.2, 0.25) is 0 Å². The van der Waals surface area contributed by atoms with Crippen LogP contribution in [0.4, 0.5) is 0 Å². The first-order valence-electron chi connectivity index (χ1n) is 14.8. The maximum Gasteiger partial charge on any atom is 0.280 e. The Labute approximate surface area is 237 Å². The number of primary amides is 1. The van der Waals surface area contributed by atoms with Gasteiger partial charge in [-0.1, -0.05) is 65.9 Å². The summed E-state index contributed by atoms with van der Waals surface area (Å²) in [6, 6.07) is 7.06. The van der Waals surface area contributed by atoms with Gasteiger partial charge in [0.15, 0.2) is 5.01 Å². The molecule has 2 saturated carbocycles. The third-order valence-electron chi connectivity index (χ3n) is 9.42. The van der Waals surface area contributed by atoms with E-state index >= 15 is 0 Å². The third kappa shape index (κ3) is 6.25. The number of nitrogens with two attached hydrogens (primary N) is 1. The second-order valence-corrected chi connectivity index (χ2v) is 14.6. The zero-order valence-corrected chi connectivity index (χ0v) is 25.0. The van der Waals surface area contributed by atoms with Crippen LogP contribution in [0.15, 0.2) is 18.2 Å². The van der Waals surface area contributed by atoms with Crippen LogP contribution in [0, 0.1) is 11.3 Å². The van der Waals surface area contributed by atoms with Crippen molar-refractivity contribution in [1.29, 1.82) is 0 Å². The van der Waals surface area contributed by atoms with Gasteiger partial charge in [-0.05, 0) is 77.7 Å². The van der Waals surface area contributed by atoms with Crippen molar-refractivity contribution in [2.45, 2.75) is 103 Å². The highest BCUT2D eigenvalue weighted by Gasteiger charge is 2.41. The summed E-state index contributed by atoms with van der Waals surface area (Å²) in [6.07, 6.45) is 10.7. The molecule has 3 fully saturated rings. The predicted octanol–water partition coefficient (Wildman–Crippen LogP) is 6.29. The molecule has 2 aromatic rings. The summed E-state index contributed by atoms with van der Waals surface area (Å²) in [5.74, 6) is 0.0238. The fourth-order valence-corrected chi connectivity index (χ4v) is 7.09. The first-order valence-corrected chi connectivity index (χ1v) is 15.6. The fraction of sp³-hybridized carbons (Fsp3) is 0.656. The highest BCUT2D eigenvalue weighted by Crippen LogP contribution is 2.50. The molecular weight excluding hydrogens is 506 g/mol. The van der Waals surface area contributed by atoms with Gasteiger partial charge in [-0.2, -0.15) is 0 Å². The van der Waals surface area contributed by atoms with E-state index in [1.807, 2.05) is 0 Å². The molecule has 3 N–H and O–H groups in total. The average Bonchev–Trinajstić information content (AvgIpc) is 3.54. The molecule has 5 rings (SSSR count). The lowest BCUT2D eigenvalue weighted by molar-refractivity contribution is -0.132. The molecule has 1 aromatic carbocycles. The number of rotatable bonds is 8. The summed E-state index contributed by atoms with van der Waals surface area (Å²) in [6.45, 7) is 10.4. The van der Waals surface area contributed by atoms with Crippen molar-refractivity contribution >= 4 is 23.2 Å². The van der Waals surface area contributed by atoms with Crippen LogP contribution in [0.25, 0.3) is 10.4 Å². The molecule has 212 valence electrons. The largest absolute Gasteiger partial charge is 0.381 e. The number of carbonyl (C=O) groups is 2. The standard InChI is InChI=1S/C32H45N3O3S/c1-30(2,3)23-17-22(18-24(19-23)31(4)10-11-31)26-25(16-21-8-6-5-7-9-21)35-28(39-26)27(36)34-20-32(29(33)37)12-14-38-15-13-32/h17-19,21H,5-16,20H2,1-4H3,(H2,33,37)(H,34,36). The van der Waals surface area contributed by atoms with Crippen molar-refractivity contribution in [1.82, 2.24) is 10.3 Å². The Hall–Kier alpha value is -2.25. The number of nitrogens with zero attached hydrogens (tertiary/aromatic N) is 1. The van der Waals surface area contributed by atoms with E-state index in [1.54, 1.807) is 0 Å². The highest BCUT2D eigenvalue weighted by atomic mass is 32.1. The van der Waals surface area contributed by atoms with E-state index < -0.39 is 5.41 Å². The highest BCUT2D eigenvalue weighted by molar-refractivity contribution is 7.17. The number of amides is 2. The molecule has 0 unspecified atom stereocenters. The molecule has 0 bridgehead atoms. The van der Waals surface area contributed by atoms with E-state index in [4.69, 9.17) is 15.5 Å². The number of nitrogens with one attached hydrogen (secondary N) is 1. The van der Waals surface area contributed by atoms with Crippen LogP contribution in [0.1, 0.15) is 112 Å². The monoisotopic (exact) mass is 551 g/mol. The minimum atomic E-state index is -0.755. The van der Waals surface area contributed by atoms with Crippen molar-refractivity contribution < 1.29 is 14.3 Å². The topological polar surface area (TPSA) is 94.3 Å². The van der Waals surface area contributed by atoms with Gasteiger partial charge in [0.25, 0.3) is 5.91 Å². The first kappa shape index (κ1) is 28.3. The summed E-state index contributed by atoms with van der Waals surface area (Å²) in [5.41, 5.74) is 10.3. The number of benzene rings is 1. The molecule has 0 radical (unpaired) electrons. The molecule has 3 aliphatic rings. The molecular formula is C32H45N3O3S. The van der Waals surface area contributed by atoms with Gasteiger partial charge in [-0.25, -0.2) is 4.98 Å². The van der Waals surface area contributed by atoms with Crippen molar-refractivity contribution in [3.05, 3.63) is 40.0 Å². The van der Waals surface area contributed by atoms with Crippen LogP contribution in [0.5, 0.6) is 0 Å². The number of carbonyl (C=O) groups excluding carboxylic acids is 2. The van der Waals surface area contributed by atoms with Crippen LogP contribution in [-0.4, -0.2) is 36.6 Å². The molecule has 39 heavy (non-hydrogen) atoms. The van der Waals surface area contributed by atoms with Gasteiger partial charge in [0.1, 0.15) is 0 Å². The summed E-state index contributed by atoms with van der Waals surface area (Å²) in [7, 11) is 0. The molecule has 2 amide bonds. The van der Waals surface area contributed by atoms with Crippen LogP contribution in [-0.2, 0) is 26.8 Å². The number of ether oxygens (including phenoxy) is 1. The second kappa shape index (κ2) is 11.0. The Kier molecular flexibility index (Phi) is 7.95. The van der Waals surface area contributed by atoms with Crippen molar-refractivity contribution in [3.8, 4) is 10.4 Å². The third-order valence-corrected chi connectivity index (χ3v) is 10.6. The summed E-state index contributed by atoms with van der Waals surface area (Å²) in [5, 5.41) is 3.50. The maximum atomic E-state index is 13.5. The van der Waals surface area contributed by atoms with E-state index in [1.165, 1.54) is 73.0 Å². The molecule has 1 saturated heterocycles. The fourth-order valence-electron chi connectivity index (χ4n) is 6.09. The summed E-state index contributed by atoms with van der Waals surface area (Å²) in [4.78, 5) is 31.9. The summed E-state index contributed by atoms with van der Waals surface area (Å²) >= 11 is 1.50. The van der Waals surface area contributed by atoms with Crippen LogP contribution in [0.3, 0.4) is 0 Å². The SMILES string of the molecule is CC(C)(C)c1cc(-c2sc(C(=O)NCC3(C(N)=O)CCOCC3)nc2CC2CCCCC2)cc(C2(C)CC2)c1. The Bertz CT molecular complexity index is 1190. The minimum absolute atomic E-state index is 0.0250. The van der Waals surface area contributed by atoms with Gasteiger partial charge in [0.2, 0.25) is 5.91 Å². The molecule has 2 heterocycles. The molecule has 2 aliphatic carbocycles. The number of hydrogen-bond donors (Lipinski definition) is 2. The maximum absolute atomic E-state index is 13.5. The lowest BCUT2D eigenvalue weighted by Crippen LogP contribution is -2.49. The molecule has 6 nitrogen and oxygen atoms in total. The minimum Gasteiger partial charge on any atom is -0.381 e. The van der Waals surface area contributed by atoms with Gasteiger partial charge < -0.3 is 15.8 Å². The second-order valence-electron chi connectivity index (χ2n) is 13.6. The van der Waals surface area contributed by atoms with E-state index in [2.05, 4.69) is 51.2 Å². The van der Waals surface area contributed by atoms with E-state index in [-0.39, 0.29) is 29.2 Å². The van der Waals surface area contributed by atoms with Gasteiger partial charge in [-0.15, -0.1) is 11.3 Å². The molecule has 0 atom stereocenters. The molecule has 1 aromatic heterocycles. The number of aromatic nitrogens is 1. The Morgan fingerprint density at radius 3 is 2.38 bits per heavy atom. The average molecular weight is 552 g/mol. The van der Waals surface area contributed by atoms with Gasteiger partial charge in [0, 0.05) is 19.8 Å². The zero-order valence-electron chi connectivity index (χ0n) is 24.2. The Balaban J connectivity index is 1.48. The van der Waals surface area contributed by atoms with E-state index in [0.29, 0.717) is 37.0 Å². The summed E-state index contributed by atoms with van der Waals surface area (Å²) < 4.78 is 5.45. The van der Waals surface area contributed by atoms with E-state index in [9.17, 15) is 9.59 Å².